The summed E-state index contributed by atoms with van der Waals surface area (Å²) < 4.78 is 19.0. The smallest absolute Gasteiger partial charge is 0.126 e. The highest BCUT2D eigenvalue weighted by molar-refractivity contribution is 6.30. The summed E-state index contributed by atoms with van der Waals surface area (Å²) in [7, 11) is 1.85. The van der Waals surface area contributed by atoms with Crippen LogP contribution in [-0.4, -0.2) is 7.05 Å². The lowest BCUT2D eigenvalue weighted by Gasteiger charge is -2.01. The average Bonchev–Trinajstić information content (AvgIpc) is 2.72. The van der Waals surface area contributed by atoms with Crippen molar-refractivity contribution >= 4 is 11.6 Å². The molecule has 1 aromatic carbocycles. The van der Waals surface area contributed by atoms with E-state index in [-0.39, 0.29) is 5.82 Å². The summed E-state index contributed by atoms with van der Waals surface area (Å²) in [6.07, 6.45) is 0.413. The standard InChI is InChI=1S/C13H13ClFNO/c1-16-8-12-4-3-11(17-12)7-9-6-10(14)2-5-13(9)15/h2-6,16H,7-8H2,1H3. The van der Waals surface area contributed by atoms with Gasteiger partial charge in [0.05, 0.1) is 6.54 Å². The topological polar surface area (TPSA) is 25.2 Å². The Balaban J connectivity index is 2.16. The summed E-state index contributed by atoms with van der Waals surface area (Å²) in [6.45, 7) is 0.665. The Morgan fingerprint density at radius 2 is 2.00 bits per heavy atom. The minimum absolute atomic E-state index is 0.263. The predicted octanol–water partition coefficient (Wildman–Crippen LogP) is 3.38. The molecule has 2 rings (SSSR count). The van der Waals surface area contributed by atoms with Crippen molar-refractivity contribution in [1.82, 2.24) is 5.32 Å². The lowest BCUT2D eigenvalue weighted by atomic mass is 10.1. The molecular weight excluding hydrogens is 241 g/mol. The van der Waals surface area contributed by atoms with E-state index in [1.165, 1.54) is 12.1 Å². The van der Waals surface area contributed by atoms with Gasteiger partial charge in [0, 0.05) is 11.4 Å². The highest BCUT2D eigenvalue weighted by Gasteiger charge is 2.07. The number of rotatable bonds is 4. The normalized spacial score (nSPS) is 10.8. The van der Waals surface area contributed by atoms with Crippen molar-refractivity contribution < 1.29 is 8.81 Å². The minimum Gasteiger partial charge on any atom is -0.464 e. The van der Waals surface area contributed by atoms with Gasteiger partial charge in [-0.25, -0.2) is 4.39 Å². The molecule has 0 unspecified atom stereocenters. The van der Waals surface area contributed by atoms with Gasteiger partial charge in [-0.3, -0.25) is 0 Å². The molecule has 0 fully saturated rings. The van der Waals surface area contributed by atoms with Gasteiger partial charge in [0.25, 0.3) is 0 Å². The van der Waals surface area contributed by atoms with Crippen LogP contribution in [0.2, 0.25) is 5.02 Å². The third kappa shape index (κ3) is 3.08. The van der Waals surface area contributed by atoms with E-state index < -0.39 is 0 Å². The second-order valence-electron chi connectivity index (χ2n) is 3.81. The molecule has 2 nitrogen and oxygen atoms in total. The van der Waals surface area contributed by atoms with Crippen LogP contribution in [0.1, 0.15) is 17.1 Å². The molecule has 0 bridgehead atoms. The first kappa shape index (κ1) is 12.1. The zero-order chi connectivity index (χ0) is 12.3. The molecule has 17 heavy (non-hydrogen) atoms. The lowest BCUT2D eigenvalue weighted by molar-refractivity contribution is 0.459. The molecule has 1 aromatic heterocycles. The SMILES string of the molecule is CNCc1ccc(Cc2cc(Cl)ccc2F)o1. The van der Waals surface area contributed by atoms with E-state index in [9.17, 15) is 4.39 Å². The first-order valence-corrected chi connectivity index (χ1v) is 5.73. The molecule has 90 valence electrons. The molecule has 0 amide bonds. The van der Waals surface area contributed by atoms with Crippen LogP contribution in [0, 0.1) is 5.82 Å². The van der Waals surface area contributed by atoms with Crippen molar-refractivity contribution in [2.45, 2.75) is 13.0 Å². The van der Waals surface area contributed by atoms with Crippen molar-refractivity contribution in [1.29, 1.82) is 0 Å². The second kappa shape index (κ2) is 5.34. The second-order valence-corrected chi connectivity index (χ2v) is 4.25. The van der Waals surface area contributed by atoms with Crippen molar-refractivity contribution in [3.05, 3.63) is 58.3 Å². The van der Waals surface area contributed by atoms with Crippen LogP contribution < -0.4 is 5.32 Å². The molecule has 0 atom stereocenters. The molecule has 0 aliphatic carbocycles. The molecule has 0 spiro atoms. The van der Waals surface area contributed by atoms with Crippen molar-refractivity contribution in [2.24, 2.45) is 0 Å². The third-order valence-electron chi connectivity index (χ3n) is 2.44. The monoisotopic (exact) mass is 253 g/mol. The first-order valence-electron chi connectivity index (χ1n) is 5.35. The van der Waals surface area contributed by atoms with Gasteiger partial charge in [0.1, 0.15) is 17.3 Å². The number of benzene rings is 1. The molecule has 0 saturated carbocycles. The lowest BCUT2D eigenvalue weighted by Crippen LogP contribution is -2.03. The Kier molecular flexibility index (Phi) is 3.82. The van der Waals surface area contributed by atoms with E-state index >= 15 is 0 Å². The summed E-state index contributed by atoms with van der Waals surface area (Å²) >= 11 is 5.83. The molecular formula is C13H13ClFNO. The van der Waals surface area contributed by atoms with E-state index in [0.717, 1.165) is 11.5 Å². The molecule has 4 heteroatoms. The Morgan fingerprint density at radius 3 is 2.76 bits per heavy atom. The molecule has 0 radical (unpaired) electrons. The summed E-state index contributed by atoms with van der Waals surface area (Å²) in [5, 5.41) is 3.52. The quantitative estimate of drug-likeness (QED) is 0.904. The predicted molar refractivity (Wildman–Crippen MR) is 65.7 cm³/mol. The van der Waals surface area contributed by atoms with Gasteiger partial charge in [-0.1, -0.05) is 11.6 Å². The van der Waals surface area contributed by atoms with Gasteiger partial charge in [0.2, 0.25) is 0 Å². The zero-order valence-electron chi connectivity index (χ0n) is 9.47. The Bertz CT molecular complexity index is 510. The van der Waals surface area contributed by atoms with Crippen molar-refractivity contribution in [3.8, 4) is 0 Å². The number of nitrogens with one attached hydrogen (secondary N) is 1. The third-order valence-corrected chi connectivity index (χ3v) is 2.68. The number of furan rings is 1. The van der Waals surface area contributed by atoms with Gasteiger partial charge in [-0.2, -0.15) is 0 Å². The Labute approximate surface area is 104 Å². The highest BCUT2D eigenvalue weighted by Crippen LogP contribution is 2.19. The van der Waals surface area contributed by atoms with Crippen LogP contribution in [-0.2, 0) is 13.0 Å². The molecule has 0 saturated heterocycles. The van der Waals surface area contributed by atoms with Gasteiger partial charge >= 0.3 is 0 Å². The van der Waals surface area contributed by atoms with Crippen LogP contribution in [0.25, 0.3) is 0 Å². The summed E-state index contributed by atoms with van der Waals surface area (Å²) in [6, 6.07) is 8.27. The van der Waals surface area contributed by atoms with Crippen LogP contribution in [0.3, 0.4) is 0 Å². The molecule has 0 aliphatic heterocycles. The van der Waals surface area contributed by atoms with E-state index in [1.54, 1.807) is 6.07 Å². The summed E-state index contributed by atoms with van der Waals surface area (Å²) in [4.78, 5) is 0. The van der Waals surface area contributed by atoms with Crippen molar-refractivity contribution in [2.75, 3.05) is 7.05 Å². The largest absolute Gasteiger partial charge is 0.464 e. The number of hydrogen-bond donors (Lipinski definition) is 1. The van der Waals surface area contributed by atoms with Gasteiger partial charge in [0.15, 0.2) is 0 Å². The van der Waals surface area contributed by atoms with E-state index in [2.05, 4.69) is 5.32 Å². The van der Waals surface area contributed by atoms with Crippen LogP contribution in [0.4, 0.5) is 4.39 Å². The highest BCUT2D eigenvalue weighted by atomic mass is 35.5. The minimum atomic E-state index is -0.263. The molecule has 1 N–H and O–H groups in total. The fourth-order valence-electron chi connectivity index (χ4n) is 1.65. The van der Waals surface area contributed by atoms with E-state index in [1.807, 2.05) is 19.2 Å². The van der Waals surface area contributed by atoms with E-state index in [0.29, 0.717) is 23.6 Å². The maximum Gasteiger partial charge on any atom is 0.126 e. The van der Waals surface area contributed by atoms with Crippen LogP contribution in [0.5, 0.6) is 0 Å². The van der Waals surface area contributed by atoms with Gasteiger partial charge in [-0.05, 0) is 42.9 Å². The number of halogens is 2. The Hall–Kier alpha value is -1.32. The zero-order valence-corrected chi connectivity index (χ0v) is 10.2. The first-order chi connectivity index (χ1) is 8.19. The fraction of sp³-hybridized carbons (Fsp3) is 0.231. The van der Waals surface area contributed by atoms with Gasteiger partial charge in [-0.15, -0.1) is 0 Å². The van der Waals surface area contributed by atoms with Crippen molar-refractivity contribution in [3.63, 3.8) is 0 Å². The number of hydrogen-bond acceptors (Lipinski definition) is 2. The fourth-order valence-corrected chi connectivity index (χ4v) is 1.85. The van der Waals surface area contributed by atoms with Crippen LogP contribution in [0.15, 0.2) is 34.7 Å². The maximum atomic E-state index is 13.5. The molecule has 1 heterocycles. The molecule has 2 aromatic rings. The maximum absolute atomic E-state index is 13.5. The summed E-state index contributed by atoms with van der Waals surface area (Å²) in [5.41, 5.74) is 0.544. The average molecular weight is 254 g/mol. The van der Waals surface area contributed by atoms with Gasteiger partial charge < -0.3 is 9.73 Å². The molecule has 0 aliphatic rings. The van der Waals surface area contributed by atoms with Crippen LogP contribution >= 0.6 is 11.6 Å². The summed E-state index contributed by atoms with van der Waals surface area (Å²) in [5.74, 6) is 1.31. The van der Waals surface area contributed by atoms with E-state index in [4.69, 9.17) is 16.0 Å². The Morgan fingerprint density at radius 1 is 1.24 bits per heavy atom.